The van der Waals surface area contributed by atoms with Crippen molar-refractivity contribution in [2.75, 3.05) is 32.8 Å². The van der Waals surface area contributed by atoms with Gasteiger partial charge < -0.3 is 15.0 Å². The summed E-state index contributed by atoms with van der Waals surface area (Å²) in [5.41, 5.74) is -0.146. The minimum Gasteiger partial charge on any atom is -0.364 e. The molecule has 4 heteroatoms. The van der Waals surface area contributed by atoms with Gasteiger partial charge in [0.1, 0.15) is 6.61 Å². The fraction of sp³-hybridized carbons (Fsp3) is 0.923. The molecule has 2 aliphatic heterocycles. The molecule has 0 spiro atoms. The summed E-state index contributed by atoms with van der Waals surface area (Å²) in [6, 6.07) is 0. The number of likely N-dealkylation sites (tertiary alicyclic amines) is 1. The molecule has 2 heterocycles. The third kappa shape index (κ3) is 3.42. The lowest BCUT2D eigenvalue weighted by molar-refractivity contribution is -0.144. The van der Waals surface area contributed by atoms with Crippen molar-refractivity contribution in [3.63, 3.8) is 0 Å². The molecule has 1 amide bonds. The molecule has 0 saturated carbocycles. The van der Waals surface area contributed by atoms with Crippen LogP contribution in [-0.4, -0.2) is 49.2 Å². The van der Waals surface area contributed by atoms with Crippen molar-refractivity contribution in [1.82, 2.24) is 10.2 Å². The second-order valence-corrected chi connectivity index (χ2v) is 5.60. The summed E-state index contributed by atoms with van der Waals surface area (Å²) < 4.78 is 5.71. The van der Waals surface area contributed by atoms with Crippen molar-refractivity contribution in [2.24, 2.45) is 5.92 Å². The molecule has 0 radical (unpaired) electrons. The number of ether oxygens (including phenoxy) is 1. The van der Waals surface area contributed by atoms with E-state index in [9.17, 15) is 4.79 Å². The Morgan fingerprint density at radius 2 is 2.18 bits per heavy atom. The van der Waals surface area contributed by atoms with E-state index in [2.05, 4.69) is 24.1 Å². The van der Waals surface area contributed by atoms with Gasteiger partial charge in [0, 0.05) is 6.54 Å². The number of morpholine rings is 1. The number of hydrogen-bond donors (Lipinski definition) is 1. The largest absolute Gasteiger partial charge is 0.364 e. The molecule has 1 unspecified atom stereocenters. The van der Waals surface area contributed by atoms with Crippen LogP contribution in [0, 0.1) is 5.92 Å². The Morgan fingerprint density at radius 3 is 2.71 bits per heavy atom. The van der Waals surface area contributed by atoms with Crippen LogP contribution in [0.1, 0.15) is 33.1 Å². The Hall–Kier alpha value is -0.610. The van der Waals surface area contributed by atoms with Crippen LogP contribution in [0.25, 0.3) is 0 Å². The average molecular weight is 240 g/mol. The van der Waals surface area contributed by atoms with Crippen LogP contribution in [0.2, 0.25) is 0 Å². The van der Waals surface area contributed by atoms with Gasteiger partial charge in [-0.05, 0) is 51.7 Å². The maximum Gasteiger partial charge on any atom is 0.246 e. The highest BCUT2D eigenvalue weighted by molar-refractivity contribution is 5.77. The zero-order valence-electron chi connectivity index (χ0n) is 11.0. The van der Waals surface area contributed by atoms with Crippen LogP contribution in [0.5, 0.6) is 0 Å². The monoisotopic (exact) mass is 240 g/mol. The summed E-state index contributed by atoms with van der Waals surface area (Å²) in [6.45, 7) is 8.83. The van der Waals surface area contributed by atoms with Gasteiger partial charge in [-0.1, -0.05) is 6.92 Å². The average Bonchev–Trinajstić information content (AvgIpc) is 2.34. The summed E-state index contributed by atoms with van der Waals surface area (Å²) in [4.78, 5) is 13.6. The predicted octanol–water partition coefficient (Wildman–Crippen LogP) is 1.01. The van der Waals surface area contributed by atoms with Crippen molar-refractivity contribution >= 4 is 5.91 Å². The third-order valence-electron chi connectivity index (χ3n) is 4.09. The first-order valence-corrected chi connectivity index (χ1v) is 6.74. The van der Waals surface area contributed by atoms with Crippen LogP contribution < -0.4 is 5.32 Å². The number of rotatable bonds is 3. The Morgan fingerprint density at radius 1 is 1.47 bits per heavy atom. The third-order valence-corrected chi connectivity index (χ3v) is 4.09. The standard InChI is InChI=1S/C13H24N2O2/c1-3-15-6-4-11(5-7-15)8-13(2)10-14-12(16)9-17-13/h11H,3-10H2,1-2H3,(H,14,16). The molecule has 2 saturated heterocycles. The summed E-state index contributed by atoms with van der Waals surface area (Å²) in [5.74, 6) is 0.765. The van der Waals surface area contributed by atoms with Gasteiger partial charge in [-0.3, -0.25) is 4.79 Å². The predicted molar refractivity (Wildman–Crippen MR) is 66.8 cm³/mol. The molecule has 0 aromatic carbocycles. The van der Waals surface area contributed by atoms with Crippen molar-refractivity contribution in [3.05, 3.63) is 0 Å². The summed E-state index contributed by atoms with van der Waals surface area (Å²) in [5, 5.41) is 2.91. The van der Waals surface area contributed by atoms with E-state index in [0.717, 1.165) is 18.9 Å². The molecule has 2 fully saturated rings. The number of amides is 1. The fourth-order valence-corrected chi connectivity index (χ4v) is 2.88. The molecular weight excluding hydrogens is 216 g/mol. The van der Waals surface area contributed by atoms with Gasteiger partial charge >= 0.3 is 0 Å². The van der Waals surface area contributed by atoms with E-state index in [4.69, 9.17) is 4.74 Å². The summed E-state index contributed by atoms with van der Waals surface area (Å²) >= 11 is 0. The normalized spacial score (nSPS) is 32.5. The highest BCUT2D eigenvalue weighted by atomic mass is 16.5. The summed E-state index contributed by atoms with van der Waals surface area (Å²) in [7, 11) is 0. The minimum atomic E-state index is -0.146. The number of nitrogens with one attached hydrogen (secondary N) is 1. The van der Waals surface area contributed by atoms with Crippen molar-refractivity contribution < 1.29 is 9.53 Å². The molecule has 0 bridgehead atoms. The lowest BCUT2D eigenvalue weighted by Gasteiger charge is -2.39. The SMILES string of the molecule is CCN1CCC(CC2(C)CNC(=O)CO2)CC1. The summed E-state index contributed by atoms with van der Waals surface area (Å²) in [6.07, 6.45) is 3.60. The Balaban J connectivity index is 1.79. The number of nitrogens with zero attached hydrogens (tertiary/aromatic N) is 1. The van der Waals surface area contributed by atoms with Gasteiger partial charge in [-0.15, -0.1) is 0 Å². The Kier molecular flexibility index (Phi) is 4.05. The molecule has 0 aromatic heterocycles. The topological polar surface area (TPSA) is 41.6 Å². The van der Waals surface area contributed by atoms with E-state index < -0.39 is 0 Å². The van der Waals surface area contributed by atoms with Gasteiger partial charge in [0.15, 0.2) is 0 Å². The maximum atomic E-state index is 11.1. The molecule has 4 nitrogen and oxygen atoms in total. The molecule has 17 heavy (non-hydrogen) atoms. The first-order valence-electron chi connectivity index (χ1n) is 6.74. The second kappa shape index (κ2) is 5.36. The van der Waals surface area contributed by atoms with Crippen LogP contribution >= 0.6 is 0 Å². The van der Waals surface area contributed by atoms with Gasteiger partial charge in [0.05, 0.1) is 5.60 Å². The van der Waals surface area contributed by atoms with Gasteiger partial charge in [0.2, 0.25) is 5.91 Å². The van der Waals surface area contributed by atoms with E-state index in [0.29, 0.717) is 6.54 Å². The number of carbonyl (C=O) groups excluding carboxylic acids is 1. The second-order valence-electron chi connectivity index (χ2n) is 5.60. The number of piperidine rings is 1. The molecule has 2 rings (SSSR count). The van der Waals surface area contributed by atoms with Gasteiger partial charge in [-0.25, -0.2) is 0 Å². The fourth-order valence-electron chi connectivity index (χ4n) is 2.88. The number of carbonyl (C=O) groups is 1. The van der Waals surface area contributed by atoms with E-state index in [-0.39, 0.29) is 18.1 Å². The van der Waals surface area contributed by atoms with E-state index in [1.54, 1.807) is 0 Å². The Bertz CT molecular complexity index is 263. The lowest BCUT2D eigenvalue weighted by atomic mass is 9.85. The zero-order valence-corrected chi connectivity index (χ0v) is 11.0. The van der Waals surface area contributed by atoms with Crippen LogP contribution in [0.3, 0.4) is 0 Å². The van der Waals surface area contributed by atoms with Crippen LogP contribution in [0.15, 0.2) is 0 Å². The highest BCUT2D eigenvalue weighted by Gasteiger charge is 2.34. The molecule has 1 atom stereocenters. The molecular formula is C13H24N2O2. The van der Waals surface area contributed by atoms with E-state index in [1.165, 1.54) is 25.9 Å². The molecule has 0 aromatic rings. The van der Waals surface area contributed by atoms with Crippen molar-refractivity contribution in [3.8, 4) is 0 Å². The smallest absolute Gasteiger partial charge is 0.246 e. The van der Waals surface area contributed by atoms with Gasteiger partial charge in [0.25, 0.3) is 0 Å². The Labute approximate surface area is 104 Å². The van der Waals surface area contributed by atoms with Crippen molar-refractivity contribution in [2.45, 2.75) is 38.7 Å². The van der Waals surface area contributed by atoms with E-state index in [1.807, 2.05) is 0 Å². The zero-order chi connectivity index (χ0) is 12.3. The highest BCUT2D eigenvalue weighted by Crippen LogP contribution is 2.29. The minimum absolute atomic E-state index is 0.0169. The number of hydrogen-bond acceptors (Lipinski definition) is 3. The van der Waals surface area contributed by atoms with Gasteiger partial charge in [-0.2, -0.15) is 0 Å². The van der Waals surface area contributed by atoms with Crippen molar-refractivity contribution in [1.29, 1.82) is 0 Å². The van der Waals surface area contributed by atoms with Crippen LogP contribution in [-0.2, 0) is 9.53 Å². The lowest BCUT2D eigenvalue weighted by Crippen LogP contribution is -2.52. The molecule has 98 valence electrons. The van der Waals surface area contributed by atoms with Crippen LogP contribution in [0.4, 0.5) is 0 Å². The molecule has 0 aliphatic carbocycles. The maximum absolute atomic E-state index is 11.1. The molecule has 1 N–H and O–H groups in total. The van der Waals surface area contributed by atoms with E-state index >= 15 is 0 Å². The first kappa shape index (κ1) is 12.8. The molecule has 2 aliphatic rings. The first-order chi connectivity index (χ1) is 8.11. The quantitative estimate of drug-likeness (QED) is 0.800.